The maximum atomic E-state index is 11.4. The molecule has 96 valence electrons. The summed E-state index contributed by atoms with van der Waals surface area (Å²) in [7, 11) is 0. The lowest BCUT2D eigenvalue weighted by molar-refractivity contribution is 0.659. The van der Waals surface area contributed by atoms with E-state index < -0.39 is 0 Å². The van der Waals surface area contributed by atoms with Gasteiger partial charge < -0.3 is 5.73 Å². The summed E-state index contributed by atoms with van der Waals surface area (Å²) < 4.78 is 1.53. The summed E-state index contributed by atoms with van der Waals surface area (Å²) in [6.45, 7) is 3.01. The van der Waals surface area contributed by atoms with E-state index in [4.69, 9.17) is 5.73 Å². The van der Waals surface area contributed by atoms with Crippen molar-refractivity contribution >= 4 is 11.8 Å². The molecule has 0 aliphatic carbocycles. The van der Waals surface area contributed by atoms with Crippen molar-refractivity contribution in [2.45, 2.75) is 30.2 Å². The van der Waals surface area contributed by atoms with Gasteiger partial charge in [0.1, 0.15) is 0 Å². The van der Waals surface area contributed by atoms with Crippen LogP contribution < -0.4 is 11.4 Å². The van der Waals surface area contributed by atoms with Crippen molar-refractivity contribution in [1.29, 1.82) is 0 Å². The topological polar surface area (TPSA) is 102 Å². The Balaban J connectivity index is 2.15. The Hall–Kier alpha value is -1.67. The molecule has 0 amide bonds. The number of nitrogens with zero attached hydrogens (tertiary/aromatic N) is 4. The highest BCUT2D eigenvalue weighted by molar-refractivity contribution is 7.99. The average molecular weight is 266 g/mol. The molecule has 0 spiro atoms. The van der Waals surface area contributed by atoms with Crippen molar-refractivity contribution in [2.24, 2.45) is 5.73 Å². The first-order chi connectivity index (χ1) is 8.74. The summed E-state index contributed by atoms with van der Waals surface area (Å²) in [5.74, 6) is 0. The van der Waals surface area contributed by atoms with Crippen LogP contribution >= 0.6 is 11.8 Å². The van der Waals surface area contributed by atoms with Crippen molar-refractivity contribution in [3.8, 4) is 0 Å². The summed E-state index contributed by atoms with van der Waals surface area (Å²) in [6, 6.07) is 0. The highest BCUT2D eigenvalue weighted by Crippen LogP contribution is 2.20. The van der Waals surface area contributed by atoms with E-state index in [1.807, 2.05) is 6.92 Å². The molecule has 0 saturated heterocycles. The molecule has 2 aromatic heterocycles. The number of nitrogens with one attached hydrogen (secondary N) is 1. The van der Waals surface area contributed by atoms with E-state index >= 15 is 0 Å². The third kappa shape index (κ3) is 2.77. The Kier molecular flexibility index (Phi) is 4.11. The molecular formula is C10H14N6OS. The summed E-state index contributed by atoms with van der Waals surface area (Å²) >= 11 is 1.25. The highest BCUT2D eigenvalue weighted by Gasteiger charge is 2.09. The van der Waals surface area contributed by atoms with Gasteiger partial charge in [-0.2, -0.15) is 0 Å². The third-order valence-corrected chi connectivity index (χ3v) is 3.22. The second-order valence-electron chi connectivity index (χ2n) is 3.57. The lowest BCUT2D eigenvalue weighted by Gasteiger charge is -2.01. The number of H-pyrrole nitrogens is 1. The molecule has 0 saturated carbocycles. The molecule has 0 radical (unpaired) electrons. The van der Waals surface area contributed by atoms with Gasteiger partial charge in [0, 0.05) is 18.9 Å². The molecule has 2 rings (SSSR count). The molecule has 0 unspecified atom stereocenters. The largest absolute Gasteiger partial charge is 0.343 e. The number of aromatic nitrogens is 5. The zero-order valence-electron chi connectivity index (χ0n) is 9.96. The maximum absolute atomic E-state index is 11.4. The predicted octanol–water partition coefficient (Wildman–Crippen LogP) is 0.0337. The zero-order chi connectivity index (χ0) is 13.0. The van der Waals surface area contributed by atoms with Crippen LogP contribution in [0.15, 0.2) is 27.5 Å². The first kappa shape index (κ1) is 12.8. The molecule has 0 aliphatic rings. The van der Waals surface area contributed by atoms with Gasteiger partial charge in [0.2, 0.25) is 0 Å². The van der Waals surface area contributed by atoms with Gasteiger partial charge in [0.15, 0.2) is 10.3 Å². The summed E-state index contributed by atoms with van der Waals surface area (Å²) in [5, 5.41) is 7.46. The number of hydrogen-bond acceptors (Lipinski definition) is 6. The van der Waals surface area contributed by atoms with Gasteiger partial charge in [0.05, 0.1) is 0 Å². The second-order valence-corrected chi connectivity index (χ2v) is 4.50. The number of aromatic amines is 1. The van der Waals surface area contributed by atoms with E-state index in [0.29, 0.717) is 23.4 Å². The van der Waals surface area contributed by atoms with Crippen LogP contribution in [0.4, 0.5) is 0 Å². The van der Waals surface area contributed by atoms with Crippen LogP contribution in [0.25, 0.3) is 0 Å². The van der Waals surface area contributed by atoms with Crippen LogP contribution in [0.2, 0.25) is 0 Å². The summed E-state index contributed by atoms with van der Waals surface area (Å²) in [5.41, 5.74) is 6.22. The van der Waals surface area contributed by atoms with Gasteiger partial charge >= 0.3 is 5.69 Å². The molecule has 0 fully saturated rings. The van der Waals surface area contributed by atoms with Crippen LogP contribution in [0.3, 0.4) is 0 Å². The average Bonchev–Trinajstić information content (AvgIpc) is 2.72. The van der Waals surface area contributed by atoms with E-state index in [0.717, 1.165) is 12.0 Å². The Labute approximate surface area is 108 Å². The van der Waals surface area contributed by atoms with Crippen molar-refractivity contribution in [3.63, 3.8) is 0 Å². The van der Waals surface area contributed by atoms with Crippen molar-refractivity contribution < 1.29 is 0 Å². The number of nitrogens with two attached hydrogens (primary N) is 1. The molecule has 8 heteroatoms. The number of rotatable bonds is 5. The minimum Gasteiger partial charge on any atom is -0.330 e. The molecule has 2 aromatic rings. The Morgan fingerprint density at radius 2 is 2.17 bits per heavy atom. The van der Waals surface area contributed by atoms with Crippen molar-refractivity contribution in [3.05, 3.63) is 28.4 Å². The Morgan fingerprint density at radius 3 is 2.78 bits per heavy atom. The maximum Gasteiger partial charge on any atom is 0.343 e. The molecule has 2 heterocycles. The molecular weight excluding hydrogens is 252 g/mol. The van der Waals surface area contributed by atoms with Gasteiger partial charge in [-0.05, 0) is 37.2 Å². The predicted molar refractivity (Wildman–Crippen MR) is 67.4 cm³/mol. The van der Waals surface area contributed by atoms with Crippen molar-refractivity contribution in [2.75, 3.05) is 6.54 Å². The van der Waals surface area contributed by atoms with E-state index in [1.54, 1.807) is 12.4 Å². The van der Waals surface area contributed by atoms with Gasteiger partial charge in [-0.1, -0.05) is 0 Å². The Bertz CT molecular complexity index is 560. The van der Waals surface area contributed by atoms with Crippen LogP contribution in [0.5, 0.6) is 0 Å². The molecule has 18 heavy (non-hydrogen) atoms. The Morgan fingerprint density at radius 1 is 1.44 bits per heavy atom. The molecule has 0 aliphatic heterocycles. The minimum atomic E-state index is -0.222. The fourth-order valence-corrected chi connectivity index (χ4v) is 2.22. The standard InChI is InChI=1S/C10H14N6OS/c1-2-16-9(17)14-15-10(16)18-8-12-5-7(3-4-11)6-13-8/h5-6H,2-4,11H2,1H3,(H,14,17). The minimum absolute atomic E-state index is 0.222. The molecule has 7 nitrogen and oxygen atoms in total. The quantitative estimate of drug-likeness (QED) is 0.740. The van der Waals surface area contributed by atoms with E-state index in [1.165, 1.54) is 16.3 Å². The smallest absolute Gasteiger partial charge is 0.330 e. The van der Waals surface area contributed by atoms with Crippen LogP contribution in [-0.4, -0.2) is 31.3 Å². The molecule has 3 N–H and O–H groups in total. The first-order valence-corrected chi connectivity index (χ1v) is 6.40. The van der Waals surface area contributed by atoms with Gasteiger partial charge in [0.25, 0.3) is 0 Å². The molecule has 0 bridgehead atoms. The van der Waals surface area contributed by atoms with Gasteiger partial charge in [-0.25, -0.2) is 19.9 Å². The second kappa shape index (κ2) is 5.78. The highest BCUT2D eigenvalue weighted by atomic mass is 32.2. The number of hydrogen-bond donors (Lipinski definition) is 2. The van der Waals surface area contributed by atoms with E-state index in [9.17, 15) is 4.79 Å². The van der Waals surface area contributed by atoms with E-state index in [2.05, 4.69) is 20.2 Å². The normalized spacial score (nSPS) is 10.8. The third-order valence-electron chi connectivity index (χ3n) is 2.34. The molecule has 0 aromatic carbocycles. The zero-order valence-corrected chi connectivity index (χ0v) is 10.8. The fraction of sp³-hybridized carbons (Fsp3) is 0.400. The monoisotopic (exact) mass is 266 g/mol. The lowest BCUT2D eigenvalue weighted by Crippen LogP contribution is -2.16. The van der Waals surface area contributed by atoms with Crippen LogP contribution in [0, 0.1) is 0 Å². The lowest BCUT2D eigenvalue weighted by atomic mass is 10.2. The first-order valence-electron chi connectivity index (χ1n) is 5.58. The van der Waals surface area contributed by atoms with Gasteiger partial charge in [-0.3, -0.25) is 4.57 Å². The molecule has 0 atom stereocenters. The fourth-order valence-electron chi connectivity index (χ4n) is 1.43. The van der Waals surface area contributed by atoms with Crippen LogP contribution in [-0.2, 0) is 13.0 Å². The SMILES string of the molecule is CCn1c(Sc2ncc(CCN)cn2)n[nH]c1=O. The van der Waals surface area contributed by atoms with Crippen LogP contribution in [0.1, 0.15) is 12.5 Å². The summed E-state index contributed by atoms with van der Waals surface area (Å²) in [6.07, 6.45) is 4.24. The van der Waals surface area contributed by atoms with E-state index in [-0.39, 0.29) is 5.69 Å². The summed E-state index contributed by atoms with van der Waals surface area (Å²) in [4.78, 5) is 19.8. The van der Waals surface area contributed by atoms with Gasteiger partial charge in [-0.15, -0.1) is 5.10 Å². The van der Waals surface area contributed by atoms with Crippen molar-refractivity contribution in [1.82, 2.24) is 24.7 Å².